The van der Waals surface area contributed by atoms with E-state index in [1.165, 1.54) is 0 Å². The van der Waals surface area contributed by atoms with E-state index >= 15 is 0 Å². The molecule has 4 unspecified atom stereocenters. The molecule has 0 saturated heterocycles. The topological polar surface area (TPSA) is 37.3 Å². The summed E-state index contributed by atoms with van der Waals surface area (Å²) in [5, 5.41) is 9.83. The standard InChI is InChI=1S/C10H20O2/c1-9(6-8-11)5-4-7-10(2,3)12/h8-9,12H,4-7H2,1-3H3/i2D,3D3,5D,6D. The van der Waals surface area contributed by atoms with Gasteiger partial charge in [-0.15, -0.1) is 0 Å². The lowest BCUT2D eigenvalue weighted by Crippen LogP contribution is -2.18. The van der Waals surface area contributed by atoms with Gasteiger partial charge in [0.2, 0.25) is 0 Å². The molecule has 4 atom stereocenters. The Hall–Kier alpha value is -0.370. The van der Waals surface area contributed by atoms with Crippen LogP contribution in [-0.2, 0) is 4.79 Å². The Morgan fingerprint density at radius 3 is 3.08 bits per heavy atom. The first-order chi connectivity index (χ1) is 8.09. The van der Waals surface area contributed by atoms with Crippen LogP contribution in [0.5, 0.6) is 0 Å². The maximum absolute atomic E-state index is 10.4. The van der Waals surface area contributed by atoms with Gasteiger partial charge in [-0.1, -0.05) is 19.7 Å². The molecule has 0 aliphatic rings. The molecule has 72 valence electrons. The van der Waals surface area contributed by atoms with Gasteiger partial charge in [0.05, 0.1) is 5.60 Å². The molecule has 0 aromatic carbocycles. The number of aliphatic hydroxyl groups is 1. The van der Waals surface area contributed by atoms with Crippen LogP contribution in [0.3, 0.4) is 0 Å². The van der Waals surface area contributed by atoms with E-state index in [1.807, 2.05) is 0 Å². The summed E-state index contributed by atoms with van der Waals surface area (Å²) < 4.78 is 43.7. The molecule has 0 spiro atoms. The van der Waals surface area contributed by atoms with Crippen molar-refractivity contribution in [1.82, 2.24) is 0 Å². The molecule has 0 bridgehead atoms. The molecule has 0 fully saturated rings. The monoisotopic (exact) mass is 178 g/mol. The lowest BCUT2D eigenvalue weighted by Gasteiger charge is -2.17. The number of carbonyl (C=O) groups excluding carboxylic acids is 1. The maximum Gasteiger partial charge on any atom is 0.120 e. The molecule has 12 heavy (non-hydrogen) atoms. The van der Waals surface area contributed by atoms with E-state index in [0.29, 0.717) is 6.29 Å². The summed E-state index contributed by atoms with van der Waals surface area (Å²) in [6.07, 6.45) is -1.57. The van der Waals surface area contributed by atoms with E-state index in [1.54, 1.807) is 6.92 Å². The van der Waals surface area contributed by atoms with Crippen LogP contribution in [0.4, 0.5) is 0 Å². The van der Waals surface area contributed by atoms with Crippen molar-refractivity contribution in [2.45, 2.75) is 51.9 Å². The van der Waals surface area contributed by atoms with Crippen LogP contribution in [0.15, 0.2) is 0 Å². The summed E-state index contributed by atoms with van der Waals surface area (Å²) in [6, 6.07) is 0. The highest BCUT2D eigenvalue weighted by molar-refractivity contribution is 5.49. The van der Waals surface area contributed by atoms with Crippen LogP contribution < -0.4 is 0 Å². The fourth-order valence-corrected chi connectivity index (χ4v) is 0.788. The van der Waals surface area contributed by atoms with Gasteiger partial charge in [0.25, 0.3) is 0 Å². The van der Waals surface area contributed by atoms with Crippen LogP contribution in [0.1, 0.15) is 54.5 Å². The van der Waals surface area contributed by atoms with Crippen molar-refractivity contribution in [3.05, 3.63) is 0 Å². The minimum atomic E-state index is -2.66. The van der Waals surface area contributed by atoms with Crippen molar-refractivity contribution in [1.29, 1.82) is 0 Å². The quantitative estimate of drug-likeness (QED) is 0.633. The molecular weight excluding hydrogens is 152 g/mol. The Kier molecular flexibility index (Phi) is 2.10. The highest BCUT2D eigenvalue weighted by Gasteiger charge is 2.12. The Labute approximate surface area is 83.4 Å². The predicted octanol–water partition coefficient (Wildman–Crippen LogP) is 2.15. The number of hydrogen-bond donors (Lipinski definition) is 1. The van der Waals surface area contributed by atoms with Crippen molar-refractivity contribution < 1.29 is 18.1 Å². The van der Waals surface area contributed by atoms with Gasteiger partial charge in [-0.3, -0.25) is 0 Å². The first-order valence-corrected chi connectivity index (χ1v) is 3.90. The Bertz CT molecular complexity index is 270. The van der Waals surface area contributed by atoms with Crippen molar-refractivity contribution in [3.63, 3.8) is 0 Å². The molecule has 0 aromatic heterocycles. The summed E-state index contributed by atoms with van der Waals surface area (Å²) in [4.78, 5) is 10.4. The van der Waals surface area contributed by atoms with Crippen molar-refractivity contribution in [3.8, 4) is 0 Å². The van der Waals surface area contributed by atoms with Gasteiger partial charge < -0.3 is 9.90 Å². The molecule has 0 radical (unpaired) electrons. The fourth-order valence-electron chi connectivity index (χ4n) is 0.788. The molecule has 2 heteroatoms. The first-order valence-electron chi connectivity index (χ1n) is 7.26. The highest BCUT2D eigenvalue weighted by atomic mass is 16.3. The van der Waals surface area contributed by atoms with E-state index < -0.39 is 38.1 Å². The third-order valence-corrected chi connectivity index (χ3v) is 1.48. The molecule has 0 aliphatic heterocycles. The highest BCUT2D eigenvalue weighted by Crippen LogP contribution is 2.16. The van der Waals surface area contributed by atoms with Gasteiger partial charge in [-0.25, -0.2) is 0 Å². The second kappa shape index (κ2) is 5.31. The van der Waals surface area contributed by atoms with Crippen molar-refractivity contribution in [2.75, 3.05) is 0 Å². The minimum Gasteiger partial charge on any atom is -0.390 e. The van der Waals surface area contributed by atoms with Crippen LogP contribution in [0, 0.1) is 5.92 Å². The van der Waals surface area contributed by atoms with Gasteiger partial charge in [0, 0.05) is 14.6 Å². The summed E-state index contributed by atoms with van der Waals surface area (Å²) >= 11 is 0. The largest absolute Gasteiger partial charge is 0.390 e. The average molecular weight is 178 g/mol. The van der Waals surface area contributed by atoms with Crippen LogP contribution in [0.2, 0.25) is 0 Å². The molecular formula is C10H20O2. The SMILES string of the molecule is [2H]CC(O)(CCC([2H])C(C)C([2H])C=O)C([2H])([2H])[2H]. The van der Waals surface area contributed by atoms with Gasteiger partial charge in [0.1, 0.15) is 6.29 Å². The molecule has 0 aliphatic carbocycles. The molecule has 0 amide bonds. The summed E-state index contributed by atoms with van der Waals surface area (Å²) in [6.45, 7) is -1.76. The zero-order chi connectivity index (χ0) is 14.6. The minimum absolute atomic E-state index is 0.0398. The lowest BCUT2D eigenvalue weighted by atomic mass is 9.96. The van der Waals surface area contributed by atoms with Crippen LogP contribution in [0.25, 0.3) is 0 Å². The zero-order valence-electron chi connectivity index (χ0n) is 13.3. The third-order valence-electron chi connectivity index (χ3n) is 1.48. The summed E-state index contributed by atoms with van der Waals surface area (Å²) in [7, 11) is 0. The van der Waals surface area contributed by atoms with E-state index in [4.69, 9.17) is 8.22 Å². The van der Waals surface area contributed by atoms with Gasteiger partial charge >= 0.3 is 0 Å². The average Bonchev–Trinajstić information content (AvgIpc) is 2.31. The Balaban J connectivity index is 4.51. The van der Waals surface area contributed by atoms with E-state index in [2.05, 4.69) is 0 Å². The molecule has 2 nitrogen and oxygen atoms in total. The number of aldehydes is 1. The molecule has 0 rings (SSSR count). The van der Waals surface area contributed by atoms with E-state index in [-0.39, 0.29) is 12.8 Å². The van der Waals surface area contributed by atoms with Crippen molar-refractivity contribution >= 4 is 6.29 Å². The summed E-state index contributed by atoms with van der Waals surface area (Å²) in [5.41, 5.74) is -2.12. The smallest absolute Gasteiger partial charge is 0.120 e. The molecule has 0 aromatic rings. The van der Waals surface area contributed by atoms with Gasteiger partial charge in [-0.05, 0) is 26.1 Å². The second-order valence-corrected chi connectivity index (χ2v) is 2.99. The number of hydrogen-bond acceptors (Lipinski definition) is 2. The molecule has 0 heterocycles. The predicted molar refractivity (Wildman–Crippen MR) is 50.0 cm³/mol. The second-order valence-electron chi connectivity index (χ2n) is 2.99. The Morgan fingerprint density at radius 2 is 2.58 bits per heavy atom. The zero-order valence-corrected chi connectivity index (χ0v) is 7.29. The third kappa shape index (κ3) is 7.73. The Morgan fingerprint density at radius 1 is 1.83 bits per heavy atom. The van der Waals surface area contributed by atoms with Gasteiger partial charge in [0.15, 0.2) is 0 Å². The number of carbonyl (C=O) groups is 1. The number of rotatable bonds is 6. The normalized spacial score (nSPS) is 31.8. The fraction of sp³-hybridized carbons (Fsp3) is 0.900. The van der Waals surface area contributed by atoms with Crippen LogP contribution in [-0.4, -0.2) is 17.0 Å². The van der Waals surface area contributed by atoms with Gasteiger partial charge in [-0.2, -0.15) is 0 Å². The molecule has 1 N–H and O–H groups in total. The van der Waals surface area contributed by atoms with Crippen LogP contribution >= 0.6 is 0 Å². The maximum atomic E-state index is 10.4. The van der Waals surface area contributed by atoms with E-state index in [9.17, 15) is 9.90 Å². The molecule has 0 saturated carbocycles. The van der Waals surface area contributed by atoms with E-state index in [0.717, 1.165) is 0 Å². The van der Waals surface area contributed by atoms with Crippen molar-refractivity contribution in [2.24, 2.45) is 5.92 Å². The lowest BCUT2D eigenvalue weighted by molar-refractivity contribution is -0.108. The first kappa shape index (κ1) is 4.75. The summed E-state index contributed by atoms with van der Waals surface area (Å²) in [5.74, 6) is -0.533.